The third kappa shape index (κ3) is 4.59. The van der Waals surface area contributed by atoms with Crippen LogP contribution in [0.5, 0.6) is 0 Å². The van der Waals surface area contributed by atoms with Gasteiger partial charge in [-0.2, -0.15) is 0 Å². The Balaban J connectivity index is 2.10. The van der Waals surface area contributed by atoms with Gasteiger partial charge in [0, 0.05) is 0 Å². The molecular formula is C22H28. The van der Waals surface area contributed by atoms with E-state index in [1.165, 1.54) is 22.3 Å². The summed E-state index contributed by atoms with van der Waals surface area (Å²) in [4.78, 5) is 0. The van der Waals surface area contributed by atoms with Gasteiger partial charge in [0.05, 0.1) is 0 Å². The van der Waals surface area contributed by atoms with Crippen LogP contribution in [0.25, 0.3) is 5.57 Å². The summed E-state index contributed by atoms with van der Waals surface area (Å²) in [7, 11) is 0. The van der Waals surface area contributed by atoms with Gasteiger partial charge in [-0.3, -0.25) is 0 Å². The maximum absolute atomic E-state index is 4.28. The van der Waals surface area contributed by atoms with E-state index in [9.17, 15) is 0 Å². The highest BCUT2D eigenvalue weighted by molar-refractivity contribution is 5.78. The minimum absolute atomic E-state index is 0.697. The van der Waals surface area contributed by atoms with Crippen molar-refractivity contribution in [3.8, 4) is 0 Å². The Bertz CT molecular complexity index is 542. The summed E-state index contributed by atoms with van der Waals surface area (Å²) in [5.41, 5.74) is 6.33. The predicted octanol–water partition coefficient (Wildman–Crippen LogP) is 6.15. The van der Waals surface area contributed by atoms with E-state index in [0.717, 1.165) is 18.4 Å². The molecule has 2 aromatic carbocycles. The number of hydrogen-bond acceptors (Lipinski definition) is 0. The maximum atomic E-state index is 4.28. The van der Waals surface area contributed by atoms with Crippen molar-refractivity contribution >= 4 is 5.57 Å². The molecule has 0 saturated heterocycles. The fourth-order valence-electron chi connectivity index (χ4n) is 2.79. The highest BCUT2D eigenvalue weighted by Gasteiger charge is 2.05. The molecule has 2 aromatic rings. The molecule has 0 aliphatic carbocycles. The van der Waals surface area contributed by atoms with Crippen LogP contribution in [-0.4, -0.2) is 0 Å². The Hall–Kier alpha value is -1.82. The van der Waals surface area contributed by atoms with E-state index in [-0.39, 0.29) is 0 Å². The maximum Gasteiger partial charge on any atom is -0.0183 e. The average molecular weight is 292 g/mol. The fraction of sp³-hybridized carbons (Fsp3) is 0.364. The van der Waals surface area contributed by atoms with Crippen molar-refractivity contribution < 1.29 is 0 Å². The van der Waals surface area contributed by atoms with Gasteiger partial charge < -0.3 is 0 Å². The number of benzene rings is 2. The van der Waals surface area contributed by atoms with Crippen LogP contribution in [0.4, 0.5) is 0 Å². The molecule has 0 N–H and O–H groups in total. The quantitative estimate of drug-likeness (QED) is 0.599. The molecule has 0 amide bonds. The second-order valence-corrected chi connectivity index (χ2v) is 7.07. The zero-order valence-corrected chi connectivity index (χ0v) is 14.4. The summed E-state index contributed by atoms with van der Waals surface area (Å²) in [6.07, 6.45) is 2.27. The molecule has 0 fully saturated rings. The van der Waals surface area contributed by atoms with Gasteiger partial charge in [0.15, 0.2) is 0 Å². The highest BCUT2D eigenvalue weighted by atomic mass is 14.1. The standard InChI is InChI=1S/C22H28/c1-16(2)14-19-6-10-21(11-7-19)18(5)22-12-8-20(9-13-22)15-17(3)4/h6-13,16-17H,5,14-15H2,1-4H3. The minimum Gasteiger partial charge on any atom is -0.0906 e. The molecule has 0 aliphatic heterocycles. The Morgan fingerprint density at radius 3 is 1.27 bits per heavy atom. The molecule has 0 nitrogen and oxygen atoms in total. The first-order valence-corrected chi connectivity index (χ1v) is 8.33. The first-order chi connectivity index (χ1) is 10.5. The monoisotopic (exact) mass is 292 g/mol. The van der Waals surface area contributed by atoms with E-state index < -0.39 is 0 Å². The molecule has 0 heteroatoms. The molecule has 0 saturated carbocycles. The first kappa shape index (κ1) is 16.5. The number of hydrogen-bond donors (Lipinski definition) is 0. The molecule has 0 spiro atoms. The molecule has 116 valence electrons. The van der Waals surface area contributed by atoms with Gasteiger partial charge in [-0.1, -0.05) is 82.8 Å². The third-order valence-electron chi connectivity index (χ3n) is 3.89. The topological polar surface area (TPSA) is 0 Å². The van der Waals surface area contributed by atoms with Crippen LogP contribution in [0.3, 0.4) is 0 Å². The van der Waals surface area contributed by atoms with Crippen molar-refractivity contribution in [2.24, 2.45) is 11.8 Å². The average Bonchev–Trinajstić information content (AvgIpc) is 2.47. The zero-order valence-electron chi connectivity index (χ0n) is 14.4. The van der Waals surface area contributed by atoms with Gasteiger partial charge in [-0.15, -0.1) is 0 Å². The summed E-state index contributed by atoms with van der Waals surface area (Å²) in [5.74, 6) is 1.39. The lowest BCUT2D eigenvalue weighted by molar-refractivity contribution is 0.647. The Morgan fingerprint density at radius 1 is 0.682 bits per heavy atom. The fourth-order valence-corrected chi connectivity index (χ4v) is 2.79. The molecule has 22 heavy (non-hydrogen) atoms. The Labute approximate surface area is 135 Å². The van der Waals surface area contributed by atoms with Crippen LogP contribution < -0.4 is 0 Å². The van der Waals surface area contributed by atoms with Gasteiger partial charge in [0.1, 0.15) is 0 Å². The van der Waals surface area contributed by atoms with E-state index >= 15 is 0 Å². The van der Waals surface area contributed by atoms with E-state index in [2.05, 4.69) is 82.8 Å². The Kier molecular flexibility index (Phi) is 5.60. The molecular weight excluding hydrogens is 264 g/mol. The third-order valence-corrected chi connectivity index (χ3v) is 3.89. The molecule has 0 bridgehead atoms. The van der Waals surface area contributed by atoms with Crippen LogP contribution in [0.1, 0.15) is 49.9 Å². The van der Waals surface area contributed by atoms with Crippen LogP contribution in [0, 0.1) is 11.8 Å². The molecule has 0 heterocycles. The van der Waals surface area contributed by atoms with E-state index in [0.29, 0.717) is 11.8 Å². The van der Waals surface area contributed by atoms with E-state index in [1.54, 1.807) is 0 Å². The lowest BCUT2D eigenvalue weighted by atomic mass is 9.95. The Morgan fingerprint density at radius 2 is 1.00 bits per heavy atom. The summed E-state index contributed by atoms with van der Waals surface area (Å²) in [5, 5.41) is 0. The SMILES string of the molecule is C=C(c1ccc(CC(C)C)cc1)c1ccc(CC(C)C)cc1. The minimum atomic E-state index is 0.697. The molecule has 0 aromatic heterocycles. The first-order valence-electron chi connectivity index (χ1n) is 8.33. The van der Waals surface area contributed by atoms with Crippen molar-refractivity contribution in [1.29, 1.82) is 0 Å². The van der Waals surface area contributed by atoms with Gasteiger partial charge in [0.2, 0.25) is 0 Å². The van der Waals surface area contributed by atoms with Crippen LogP contribution in [-0.2, 0) is 12.8 Å². The van der Waals surface area contributed by atoms with Crippen LogP contribution in [0.15, 0.2) is 55.1 Å². The molecule has 0 aliphatic rings. The zero-order chi connectivity index (χ0) is 16.1. The van der Waals surface area contributed by atoms with Crippen molar-refractivity contribution in [2.75, 3.05) is 0 Å². The number of rotatable bonds is 6. The van der Waals surface area contributed by atoms with Crippen molar-refractivity contribution in [3.63, 3.8) is 0 Å². The largest absolute Gasteiger partial charge is 0.0906 e. The highest BCUT2D eigenvalue weighted by Crippen LogP contribution is 2.23. The lowest BCUT2D eigenvalue weighted by Gasteiger charge is -2.10. The normalized spacial score (nSPS) is 11.2. The smallest absolute Gasteiger partial charge is 0.0183 e. The van der Waals surface area contributed by atoms with Crippen molar-refractivity contribution in [3.05, 3.63) is 77.4 Å². The van der Waals surface area contributed by atoms with Gasteiger partial charge >= 0.3 is 0 Å². The van der Waals surface area contributed by atoms with Gasteiger partial charge in [-0.25, -0.2) is 0 Å². The summed E-state index contributed by atoms with van der Waals surface area (Å²) in [6, 6.07) is 17.7. The summed E-state index contributed by atoms with van der Waals surface area (Å²) >= 11 is 0. The van der Waals surface area contributed by atoms with Gasteiger partial charge in [0.25, 0.3) is 0 Å². The van der Waals surface area contributed by atoms with Crippen molar-refractivity contribution in [2.45, 2.75) is 40.5 Å². The van der Waals surface area contributed by atoms with E-state index in [4.69, 9.17) is 0 Å². The van der Waals surface area contributed by atoms with Crippen LogP contribution >= 0.6 is 0 Å². The van der Waals surface area contributed by atoms with Crippen molar-refractivity contribution in [1.82, 2.24) is 0 Å². The van der Waals surface area contributed by atoms with E-state index in [1.807, 2.05) is 0 Å². The summed E-state index contributed by atoms with van der Waals surface area (Å²) in [6.45, 7) is 13.3. The van der Waals surface area contributed by atoms with Gasteiger partial charge in [-0.05, 0) is 52.5 Å². The predicted molar refractivity (Wildman–Crippen MR) is 98.1 cm³/mol. The molecule has 0 radical (unpaired) electrons. The molecule has 2 rings (SSSR count). The lowest BCUT2D eigenvalue weighted by Crippen LogP contribution is -1.95. The second-order valence-electron chi connectivity index (χ2n) is 7.07. The summed E-state index contributed by atoms with van der Waals surface area (Å²) < 4.78 is 0. The molecule has 0 unspecified atom stereocenters. The van der Waals surface area contributed by atoms with Crippen LogP contribution in [0.2, 0.25) is 0 Å². The second kappa shape index (κ2) is 7.45. The molecule has 0 atom stereocenters.